The van der Waals surface area contributed by atoms with Crippen LogP contribution in [0.1, 0.15) is 17.5 Å². The number of methoxy groups -OCH3 is 1. The molecule has 3 heteroatoms. The van der Waals surface area contributed by atoms with Crippen molar-refractivity contribution in [3.63, 3.8) is 0 Å². The van der Waals surface area contributed by atoms with Crippen molar-refractivity contribution in [2.75, 3.05) is 7.11 Å². The zero-order chi connectivity index (χ0) is 12.3. The van der Waals surface area contributed by atoms with E-state index in [0.717, 1.165) is 16.5 Å². The topological polar surface area (TPSA) is 39.2 Å². The summed E-state index contributed by atoms with van der Waals surface area (Å²) in [6, 6.07) is 8.13. The molecule has 1 heterocycles. The van der Waals surface area contributed by atoms with Crippen LogP contribution >= 0.6 is 0 Å². The predicted octanol–water partition coefficient (Wildman–Crippen LogP) is 2.65. The van der Waals surface area contributed by atoms with E-state index >= 15 is 0 Å². The quantitative estimate of drug-likeness (QED) is 0.759. The van der Waals surface area contributed by atoms with Gasteiger partial charge in [-0.1, -0.05) is 12.1 Å². The molecule has 0 bridgehead atoms. The lowest BCUT2D eigenvalue weighted by molar-refractivity contribution is -0.140. The molecular weight excluding hydrogens is 214 g/mol. The smallest absolute Gasteiger partial charge is 0.305 e. The van der Waals surface area contributed by atoms with Crippen LogP contribution in [0, 0.1) is 6.92 Å². The van der Waals surface area contributed by atoms with Crippen LogP contribution in [0.4, 0.5) is 0 Å². The molecule has 17 heavy (non-hydrogen) atoms. The third-order valence-corrected chi connectivity index (χ3v) is 2.87. The molecule has 1 aromatic heterocycles. The highest BCUT2D eigenvalue weighted by Gasteiger charge is 2.03. The van der Waals surface area contributed by atoms with Crippen molar-refractivity contribution in [3.8, 4) is 0 Å². The summed E-state index contributed by atoms with van der Waals surface area (Å²) in [5.41, 5.74) is 3.31. The lowest BCUT2D eigenvalue weighted by Gasteiger charge is -2.04. The highest BCUT2D eigenvalue weighted by molar-refractivity contribution is 5.82. The Morgan fingerprint density at radius 1 is 1.35 bits per heavy atom. The SMILES string of the molecule is COC(=O)CCc1ccc2c(C)ccnc2c1. The van der Waals surface area contributed by atoms with E-state index in [4.69, 9.17) is 0 Å². The van der Waals surface area contributed by atoms with Crippen molar-refractivity contribution in [1.29, 1.82) is 0 Å². The second-order valence-electron chi connectivity index (χ2n) is 4.06. The zero-order valence-electron chi connectivity index (χ0n) is 10.1. The minimum absolute atomic E-state index is 0.178. The monoisotopic (exact) mass is 229 g/mol. The number of nitrogens with zero attached hydrogens (tertiary/aromatic N) is 1. The summed E-state index contributed by atoms with van der Waals surface area (Å²) in [5.74, 6) is -0.178. The fourth-order valence-corrected chi connectivity index (χ4v) is 1.84. The number of ether oxygens (including phenoxy) is 1. The molecule has 0 radical (unpaired) electrons. The number of rotatable bonds is 3. The third-order valence-electron chi connectivity index (χ3n) is 2.87. The van der Waals surface area contributed by atoms with E-state index < -0.39 is 0 Å². The fourth-order valence-electron chi connectivity index (χ4n) is 1.84. The van der Waals surface area contributed by atoms with Crippen molar-refractivity contribution >= 4 is 16.9 Å². The number of hydrogen-bond donors (Lipinski definition) is 0. The van der Waals surface area contributed by atoms with Crippen molar-refractivity contribution in [2.45, 2.75) is 19.8 Å². The van der Waals surface area contributed by atoms with E-state index in [1.807, 2.05) is 24.4 Å². The number of hydrogen-bond acceptors (Lipinski definition) is 3. The Labute approximate surface area is 100 Å². The predicted molar refractivity (Wildman–Crippen MR) is 66.8 cm³/mol. The van der Waals surface area contributed by atoms with Gasteiger partial charge in [0.1, 0.15) is 0 Å². The van der Waals surface area contributed by atoms with E-state index in [1.54, 1.807) is 0 Å². The van der Waals surface area contributed by atoms with Crippen molar-refractivity contribution in [3.05, 3.63) is 41.6 Å². The molecule has 2 rings (SSSR count). The summed E-state index contributed by atoms with van der Waals surface area (Å²) in [7, 11) is 1.41. The standard InChI is InChI=1S/C14H15NO2/c1-10-7-8-15-13-9-11(3-5-12(10)13)4-6-14(16)17-2/h3,5,7-9H,4,6H2,1-2H3. The molecule has 2 aromatic rings. The van der Waals surface area contributed by atoms with Gasteiger partial charge in [0.05, 0.1) is 12.6 Å². The first-order valence-corrected chi connectivity index (χ1v) is 5.62. The van der Waals surface area contributed by atoms with Gasteiger partial charge in [-0.25, -0.2) is 0 Å². The molecule has 0 unspecified atom stereocenters. The van der Waals surface area contributed by atoms with Gasteiger partial charge in [0.15, 0.2) is 0 Å². The molecule has 0 aliphatic carbocycles. The normalized spacial score (nSPS) is 10.5. The molecule has 88 valence electrons. The zero-order valence-corrected chi connectivity index (χ0v) is 10.1. The molecule has 0 N–H and O–H groups in total. The molecule has 0 atom stereocenters. The van der Waals surface area contributed by atoms with Crippen LogP contribution in [0.3, 0.4) is 0 Å². The lowest BCUT2D eigenvalue weighted by Crippen LogP contribution is -2.01. The maximum atomic E-state index is 11.1. The van der Waals surface area contributed by atoms with Gasteiger partial charge >= 0.3 is 5.97 Å². The summed E-state index contributed by atoms with van der Waals surface area (Å²) in [6.45, 7) is 2.07. The van der Waals surface area contributed by atoms with Crippen LogP contribution in [0.15, 0.2) is 30.5 Å². The largest absolute Gasteiger partial charge is 0.469 e. The number of aryl methyl sites for hydroxylation is 2. The maximum absolute atomic E-state index is 11.1. The summed E-state index contributed by atoms with van der Waals surface area (Å²) >= 11 is 0. The van der Waals surface area contributed by atoms with E-state index in [-0.39, 0.29) is 5.97 Å². The number of aromatic nitrogens is 1. The summed E-state index contributed by atoms with van der Waals surface area (Å²) in [5, 5.41) is 1.16. The number of carbonyl (C=O) groups is 1. The van der Waals surface area contributed by atoms with Gasteiger partial charge in [-0.3, -0.25) is 9.78 Å². The van der Waals surface area contributed by atoms with Gasteiger partial charge in [-0.15, -0.1) is 0 Å². The van der Waals surface area contributed by atoms with Crippen molar-refractivity contribution in [2.24, 2.45) is 0 Å². The molecule has 0 amide bonds. The number of carbonyl (C=O) groups excluding carboxylic acids is 1. The van der Waals surface area contributed by atoms with E-state index in [9.17, 15) is 4.79 Å². The summed E-state index contributed by atoms with van der Waals surface area (Å²) in [6.07, 6.45) is 2.91. The molecule has 0 saturated carbocycles. The average molecular weight is 229 g/mol. The van der Waals surface area contributed by atoms with Crippen LogP contribution in [0.25, 0.3) is 10.9 Å². The van der Waals surface area contributed by atoms with E-state index in [2.05, 4.69) is 22.7 Å². The van der Waals surface area contributed by atoms with Crippen LogP contribution in [0.2, 0.25) is 0 Å². The third kappa shape index (κ3) is 2.61. The molecule has 0 aliphatic rings. The minimum atomic E-state index is -0.178. The van der Waals surface area contributed by atoms with Crippen LogP contribution in [-0.2, 0) is 16.0 Å². The van der Waals surface area contributed by atoms with Gasteiger partial charge in [-0.05, 0) is 36.6 Å². The number of benzene rings is 1. The van der Waals surface area contributed by atoms with E-state index in [1.165, 1.54) is 12.7 Å². The van der Waals surface area contributed by atoms with Gasteiger partial charge < -0.3 is 4.74 Å². The Kier molecular flexibility index (Phi) is 3.38. The minimum Gasteiger partial charge on any atom is -0.469 e. The Morgan fingerprint density at radius 3 is 2.94 bits per heavy atom. The second-order valence-corrected chi connectivity index (χ2v) is 4.06. The summed E-state index contributed by atoms with van der Waals surface area (Å²) in [4.78, 5) is 15.4. The van der Waals surface area contributed by atoms with Crippen LogP contribution < -0.4 is 0 Å². The highest BCUT2D eigenvalue weighted by Crippen LogP contribution is 2.18. The van der Waals surface area contributed by atoms with Crippen LogP contribution in [0.5, 0.6) is 0 Å². The van der Waals surface area contributed by atoms with Gasteiger partial charge in [0.2, 0.25) is 0 Å². The number of fused-ring (bicyclic) bond motifs is 1. The molecule has 0 saturated heterocycles. The van der Waals surface area contributed by atoms with Gasteiger partial charge in [-0.2, -0.15) is 0 Å². The number of pyridine rings is 1. The Hall–Kier alpha value is -1.90. The Morgan fingerprint density at radius 2 is 2.18 bits per heavy atom. The van der Waals surface area contributed by atoms with Crippen molar-refractivity contribution < 1.29 is 9.53 Å². The first-order valence-electron chi connectivity index (χ1n) is 5.62. The van der Waals surface area contributed by atoms with E-state index in [0.29, 0.717) is 12.8 Å². The Balaban J connectivity index is 2.23. The second kappa shape index (κ2) is 4.95. The van der Waals surface area contributed by atoms with Crippen LogP contribution in [-0.4, -0.2) is 18.1 Å². The van der Waals surface area contributed by atoms with Gasteiger partial charge in [0, 0.05) is 18.0 Å². The molecule has 0 spiro atoms. The molecule has 0 fully saturated rings. The molecule has 1 aromatic carbocycles. The number of esters is 1. The molecule has 3 nitrogen and oxygen atoms in total. The average Bonchev–Trinajstić information content (AvgIpc) is 2.36. The van der Waals surface area contributed by atoms with Gasteiger partial charge in [0.25, 0.3) is 0 Å². The lowest BCUT2D eigenvalue weighted by atomic mass is 10.0. The maximum Gasteiger partial charge on any atom is 0.305 e. The first-order chi connectivity index (χ1) is 8.20. The highest BCUT2D eigenvalue weighted by atomic mass is 16.5. The fraction of sp³-hybridized carbons (Fsp3) is 0.286. The molecular formula is C14H15NO2. The summed E-state index contributed by atoms with van der Waals surface area (Å²) < 4.78 is 4.62. The van der Waals surface area contributed by atoms with Crippen molar-refractivity contribution in [1.82, 2.24) is 4.98 Å². The Bertz CT molecular complexity index is 549. The first kappa shape index (κ1) is 11.6. The molecule has 0 aliphatic heterocycles.